The number of unbranched alkanes of at least 4 members (excludes halogenated alkanes) is 3. The topological polar surface area (TPSA) is 0 Å². The van der Waals surface area contributed by atoms with Gasteiger partial charge < -0.3 is 0 Å². The summed E-state index contributed by atoms with van der Waals surface area (Å²) < 4.78 is 0. The minimum Gasteiger partial charge on any atom is -0.0654 e. The fourth-order valence-electron chi connectivity index (χ4n) is 4.58. The van der Waals surface area contributed by atoms with Crippen molar-refractivity contribution in [3.05, 3.63) is 47.5 Å². The lowest BCUT2D eigenvalue weighted by molar-refractivity contribution is 0.304. The van der Waals surface area contributed by atoms with E-state index in [4.69, 9.17) is 0 Å². The molecule has 25 heavy (non-hydrogen) atoms. The molecule has 3 rings (SSSR count). The Morgan fingerprint density at radius 3 is 2.24 bits per heavy atom. The van der Waals surface area contributed by atoms with Crippen molar-refractivity contribution >= 4 is 10.8 Å². The van der Waals surface area contributed by atoms with Crippen molar-refractivity contribution in [2.75, 3.05) is 0 Å². The molecule has 0 saturated heterocycles. The van der Waals surface area contributed by atoms with Crippen LogP contribution in [0.5, 0.6) is 0 Å². The van der Waals surface area contributed by atoms with Crippen molar-refractivity contribution in [3.8, 4) is 0 Å². The van der Waals surface area contributed by atoms with Crippen LogP contribution in [-0.2, 0) is 6.42 Å². The largest absolute Gasteiger partial charge is 0.0654 e. The van der Waals surface area contributed by atoms with Gasteiger partial charge in [0.15, 0.2) is 0 Å². The molecule has 0 bridgehead atoms. The van der Waals surface area contributed by atoms with Crippen LogP contribution in [0.15, 0.2) is 36.4 Å². The highest BCUT2D eigenvalue weighted by atomic mass is 14.3. The van der Waals surface area contributed by atoms with Gasteiger partial charge in [-0.3, -0.25) is 0 Å². The second-order valence-electron chi connectivity index (χ2n) is 8.26. The summed E-state index contributed by atoms with van der Waals surface area (Å²) in [6, 6.07) is 14.4. The predicted octanol–water partition coefficient (Wildman–Crippen LogP) is 8.04. The van der Waals surface area contributed by atoms with E-state index in [1.54, 1.807) is 5.56 Å². The molecule has 0 N–H and O–H groups in total. The van der Waals surface area contributed by atoms with Gasteiger partial charge in [0.05, 0.1) is 0 Å². The molecule has 0 heterocycles. The maximum atomic E-state index is 2.47. The van der Waals surface area contributed by atoms with Crippen LogP contribution in [0, 0.1) is 5.92 Å². The first kappa shape index (κ1) is 18.5. The van der Waals surface area contributed by atoms with Crippen molar-refractivity contribution in [3.63, 3.8) is 0 Å². The first-order valence-corrected chi connectivity index (χ1v) is 10.8. The van der Waals surface area contributed by atoms with Crippen molar-refractivity contribution in [2.45, 2.75) is 90.4 Å². The lowest BCUT2D eigenvalue weighted by atomic mass is 9.77. The van der Waals surface area contributed by atoms with E-state index in [1.807, 2.05) is 0 Å². The van der Waals surface area contributed by atoms with E-state index < -0.39 is 0 Å². The Labute approximate surface area is 155 Å². The van der Waals surface area contributed by atoms with Gasteiger partial charge >= 0.3 is 0 Å². The highest BCUT2D eigenvalue weighted by molar-refractivity contribution is 5.84. The Morgan fingerprint density at radius 2 is 1.48 bits per heavy atom. The van der Waals surface area contributed by atoms with Crippen LogP contribution in [0.25, 0.3) is 10.8 Å². The first-order chi connectivity index (χ1) is 12.3. The second-order valence-corrected chi connectivity index (χ2v) is 8.26. The Balaban J connectivity index is 1.62. The summed E-state index contributed by atoms with van der Waals surface area (Å²) in [4.78, 5) is 0. The third-order valence-corrected chi connectivity index (χ3v) is 6.28. The summed E-state index contributed by atoms with van der Waals surface area (Å²) >= 11 is 0. The molecular formula is C25H36. The molecule has 1 saturated carbocycles. The molecule has 1 aliphatic rings. The van der Waals surface area contributed by atoms with Gasteiger partial charge in [0.25, 0.3) is 0 Å². The average Bonchev–Trinajstić information content (AvgIpc) is 2.66. The highest BCUT2D eigenvalue weighted by Crippen LogP contribution is 2.38. The Kier molecular flexibility index (Phi) is 6.96. The number of hydrogen-bond acceptors (Lipinski definition) is 0. The molecule has 0 aromatic heterocycles. The molecule has 0 radical (unpaired) electrons. The summed E-state index contributed by atoms with van der Waals surface area (Å²) in [5.41, 5.74) is 3.09. The van der Waals surface area contributed by atoms with Gasteiger partial charge in [-0.05, 0) is 72.3 Å². The van der Waals surface area contributed by atoms with Gasteiger partial charge in [0.2, 0.25) is 0 Å². The van der Waals surface area contributed by atoms with E-state index >= 15 is 0 Å². The summed E-state index contributed by atoms with van der Waals surface area (Å²) in [6.45, 7) is 4.59. The fourth-order valence-corrected chi connectivity index (χ4v) is 4.58. The number of aryl methyl sites for hydroxylation is 1. The first-order valence-electron chi connectivity index (χ1n) is 10.8. The van der Waals surface area contributed by atoms with Crippen molar-refractivity contribution in [2.24, 2.45) is 5.92 Å². The van der Waals surface area contributed by atoms with Gasteiger partial charge in [-0.15, -0.1) is 0 Å². The molecule has 0 unspecified atom stereocenters. The lowest BCUT2D eigenvalue weighted by Gasteiger charge is -2.29. The number of hydrogen-bond donors (Lipinski definition) is 0. The van der Waals surface area contributed by atoms with Crippen molar-refractivity contribution in [1.82, 2.24) is 0 Å². The van der Waals surface area contributed by atoms with Gasteiger partial charge in [-0.25, -0.2) is 0 Å². The zero-order valence-corrected chi connectivity index (χ0v) is 16.4. The maximum Gasteiger partial charge on any atom is -0.0162 e. The van der Waals surface area contributed by atoms with Crippen LogP contribution in [0.2, 0.25) is 0 Å². The minimum absolute atomic E-state index is 0.798. The average molecular weight is 337 g/mol. The zero-order valence-electron chi connectivity index (χ0n) is 16.4. The molecule has 0 atom stereocenters. The molecule has 0 amide bonds. The highest BCUT2D eigenvalue weighted by Gasteiger charge is 2.22. The fraction of sp³-hybridized carbons (Fsp3) is 0.600. The second kappa shape index (κ2) is 9.41. The van der Waals surface area contributed by atoms with Crippen LogP contribution < -0.4 is 0 Å². The lowest BCUT2D eigenvalue weighted by Crippen LogP contribution is -2.13. The summed E-state index contributed by atoms with van der Waals surface area (Å²) in [5, 5.41) is 2.86. The van der Waals surface area contributed by atoms with Gasteiger partial charge in [0, 0.05) is 0 Å². The molecular weight excluding hydrogens is 300 g/mol. The molecule has 0 aliphatic heterocycles. The molecule has 2 aromatic carbocycles. The van der Waals surface area contributed by atoms with E-state index in [0.29, 0.717) is 0 Å². The molecule has 2 aromatic rings. The van der Waals surface area contributed by atoms with Gasteiger partial charge in [-0.1, -0.05) is 82.3 Å². The zero-order chi connectivity index (χ0) is 17.5. The predicted molar refractivity (Wildman–Crippen MR) is 111 cm³/mol. The van der Waals surface area contributed by atoms with E-state index in [0.717, 1.165) is 11.8 Å². The summed E-state index contributed by atoms with van der Waals surface area (Å²) in [5.74, 6) is 1.80. The Morgan fingerprint density at radius 1 is 0.760 bits per heavy atom. The van der Waals surface area contributed by atoms with E-state index in [2.05, 4.69) is 50.2 Å². The van der Waals surface area contributed by atoms with Crippen molar-refractivity contribution < 1.29 is 0 Å². The SMILES string of the molecule is CCCCCc1ccc2cc(C3CCC(CCCC)CC3)ccc2c1. The van der Waals surface area contributed by atoms with Gasteiger partial charge in [0.1, 0.15) is 0 Å². The Bertz CT molecular complexity index is 646. The number of rotatable bonds is 8. The third-order valence-electron chi connectivity index (χ3n) is 6.28. The van der Waals surface area contributed by atoms with Crippen LogP contribution in [0.1, 0.15) is 95.1 Å². The standard InChI is InChI=1S/C25H36/c1-3-5-7-9-21-12-15-25-19-24(17-16-23(25)18-21)22-13-10-20(11-14-22)8-6-4-2/h12,15-20,22H,3-11,13-14H2,1-2H3. The number of fused-ring (bicyclic) bond motifs is 1. The molecule has 136 valence electrons. The van der Waals surface area contributed by atoms with Crippen molar-refractivity contribution in [1.29, 1.82) is 0 Å². The monoisotopic (exact) mass is 336 g/mol. The third kappa shape index (κ3) is 5.09. The summed E-state index contributed by atoms with van der Waals surface area (Å²) in [6.07, 6.45) is 15.1. The van der Waals surface area contributed by atoms with Crippen LogP contribution in [-0.4, -0.2) is 0 Å². The molecule has 0 spiro atoms. The van der Waals surface area contributed by atoms with Gasteiger partial charge in [-0.2, -0.15) is 0 Å². The quantitative estimate of drug-likeness (QED) is 0.428. The molecule has 1 aliphatic carbocycles. The molecule has 0 heteroatoms. The minimum atomic E-state index is 0.798. The van der Waals surface area contributed by atoms with E-state index in [-0.39, 0.29) is 0 Å². The van der Waals surface area contributed by atoms with Crippen LogP contribution in [0.3, 0.4) is 0 Å². The van der Waals surface area contributed by atoms with Crippen LogP contribution in [0.4, 0.5) is 0 Å². The molecule has 0 nitrogen and oxygen atoms in total. The van der Waals surface area contributed by atoms with E-state index in [1.165, 1.54) is 87.0 Å². The summed E-state index contributed by atoms with van der Waals surface area (Å²) in [7, 11) is 0. The van der Waals surface area contributed by atoms with Crippen LogP contribution >= 0.6 is 0 Å². The Hall–Kier alpha value is -1.30. The normalized spacial score (nSPS) is 20.9. The maximum absolute atomic E-state index is 2.47. The number of benzene rings is 2. The molecule has 1 fully saturated rings. The smallest absolute Gasteiger partial charge is 0.0162 e. The van der Waals surface area contributed by atoms with E-state index in [9.17, 15) is 0 Å².